The molecule has 3 N–H and O–H groups in total. The van der Waals surface area contributed by atoms with Gasteiger partial charge in [-0.2, -0.15) is 0 Å². The van der Waals surface area contributed by atoms with Gasteiger partial charge in [0, 0.05) is 17.6 Å². The highest BCUT2D eigenvalue weighted by atomic mass is 15.6. The smallest absolute Gasteiger partial charge is 0.0301 e. The van der Waals surface area contributed by atoms with Gasteiger partial charge in [-0.15, -0.1) is 0 Å². The van der Waals surface area contributed by atoms with E-state index in [9.17, 15) is 0 Å². The van der Waals surface area contributed by atoms with Gasteiger partial charge < -0.3 is 5.73 Å². The lowest BCUT2D eigenvalue weighted by Crippen LogP contribution is -2.52. The number of hydrogen-bond donors (Lipinski definition) is 2. The Labute approximate surface area is 94.4 Å². The van der Waals surface area contributed by atoms with Gasteiger partial charge in [0.1, 0.15) is 0 Å². The average molecular weight is 213 g/mol. The Morgan fingerprint density at radius 2 is 2.07 bits per heavy atom. The molecule has 0 heterocycles. The van der Waals surface area contributed by atoms with Crippen LogP contribution in [0.4, 0.5) is 0 Å². The highest BCUT2D eigenvalue weighted by molar-refractivity contribution is 4.96. The predicted molar refractivity (Wildman–Crippen MR) is 65.4 cm³/mol. The molecule has 0 spiro atoms. The van der Waals surface area contributed by atoms with E-state index in [1.807, 2.05) is 7.05 Å². The van der Waals surface area contributed by atoms with Crippen molar-refractivity contribution >= 4 is 0 Å². The Bertz CT molecular complexity index is 201. The van der Waals surface area contributed by atoms with E-state index in [1.54, 1.807) is 0 Å². The minimum Gasteiger partial charge on any atom is -0.328 e. The summed E-state index contributed by atoms with van der Waals surface area (Å²) in [5.41, 5.74) is 9.38. The molecule has 1 rings (SSSR count). The van der Waals surface area contributed by atoms with E-state index in [4.69, 9.17) is 5.73 Å². The molecule has 90 valence electrons. The van der Waals surface area contributed by atoms with Crippen LogP contribution < -0.4 is 11.2 Å². The fourth-order valence-electron chi connectivity index (χ4n) is 2.28. The molecule has 0 aromatic heterocycles. The van der Waals surface area contributed by atoms with Gasteiger partial charge in [0.25, 0.3) is 0 Å². The standard InChI is InChI=1S/C12H27N3/c1-9-8-11(9)15(14-5)12(3,4)7-6-10(2)13/h9-11,14H,6-8,13H2,1-5H3. The summed E-state index contributed by atoms with van der Waals surface area (Å²) in [6, 6.07) is 1.03. The molecular weight excluding hydrogens is 186 g/mol. The van der Waals surface area contributed by atoms with Gasteiger partial charge in [-0.25, -0.2) is 5.01 Å². The maximum absolute atomic E-state index is 5.82. The van der Waals surface area contributed by atoms with E-state index in [0.29, 0.717) is 6.04 Å². The van der Waals surface area contributed by atoms with E-state index in [2.05, 4.69) is 38.1 Å². The average Bonchev–Trinajstić information content (AvgIpc) is 2.80. The van der Waals surface area contributed by atoms with Crippen molar-refractivity contribution in [1.82, 2.24) is 10.4 Å². The maximum Gasteiger partial charge on any atom is 0.0301 e. The van der Waals surface area contributed by atoms with Crippen LogP contribution in [-0.4, -0.2) is 29.7 Å². The van der Waals surface area contributed by atoms with Crippen molar-refractivity contribution in [2.45, 2.75) is 64.6 Å². The molecule has 0 radical (unpaired) electrons. The van der Waals surface area contributed by atoms with E-state index in [1.165, 1.54) is 6.42 Å². The van der Waals surface area contributed by atoms with Gasteiger partial charge >= 0.3 is 0 Å². The summed E-state index contributed by atoms with van der Waals surface area (Å²) in [5, 5.41) is 2.42. The monoisotopic (exact) mass is 213 g/mol. The molecule has 1 fully saturated rings. The van der Waals surface area contributed by atoms with Crippen LogP contribution in [0.2, 0.25) is 0 Å². The lowest BCUT2D eigenvalue weighted by atomic mass is 9.95. The van der Waals surface area contributed by atoms with E-state index in [-0.39, 0.29) is 5.54 Å². The third-order valence-electron chi connectivity index (χ3n) is 3.50. The summed E-state index contributed by atoms with van der Waals surface area (Å²) in [6.07, 6.45) is 3.56. The number of hydrogen-bond acceptors (Lipinski definition) is 3. The van der Waals surface area contributed by atoms with Gasteiger partial charge in [0.05, 0.1) is 0 Å². The summed E-state index contributed by atoms with van der Waals surface area (Å²) in [6.45, 7) is 9.00. The second kappa shape index (κ2) is 4.81. The summed E-state index contributed by atoms with van der Waals surface area (Å²) in [7, 11) is 2.03. The quantitative estimate of drug-likeness (QED) is 0.660. The fraction of sp³-hybridized carbons (Fsp3) is 1.00. The largest absolute Gasteiger partial charge is 0.328 e. The zero-order chi connectivity index (χ0) is 11.6. The van der Waals surface area contributed by atoms with Crippen molar-refractivity contribution in [2.24, 2.45) is 11.7 Å². The topological polar surface area (TPSA) is 41.3 Å². The third kappa shape index (κ3) is 3.44. The summed E-state index contributed by atoms with van der Waals surface area (Å²) >= 11 is 0. The van der Waals surface area contributed by atoms with Crippen molar-refractivity contribution in [2.75, 3.05) is 7.05 Å². The van der Waals surface area contributed by atoms with Gasteiger partial charge in [-0.1, -0.05) is 6.92 Å². The number of nitrogens with two attached hydrogens (primary N) is 1. The molecule has 15 heavy (non-hydrogen) atoms. The molecule has 0 aromatic rings. The Kier molecular flexibility index (Phi) is 4.15. The zero-order valence-electron chi connectivity index (χ0n) is 10.9. The highest BCUT2D eigenvalue weighted by Gasteiger charge is 2.43. The van der Waals surface area contributed by atoms with Crippen LogP contribution in [0.25, 0.3) is 0 Å². The minimum absolute atomic E-state index is 0.206. The molecule has 3 nitrogen and oxygen atoms in total. The molecule has 1 saturated carbocycles. The maximum atomic E-state index is 5.82. The fourth-order valence-corrected chi connectivity index (χ4v) is 2.28. The lowest BCUT2D eigenvalue weighted by Gasteiger charge is -2.39. The Morgan fingerprint density at radius 1 is 1.53 bits per heavy atom. The minimum atomic E-state index is 0.206. The lowest BCUT2D eigenvalue weighted by molar-refractivity contribution is 0.0468. The van der Waals surface area contributed by atoms with Crippen LogP contribution in [0.5, 0.6) is 0 Å². The zero-order valence-corrected chi connectivity index (χ0v) is 10.9. The first-order chi connectivity index (χ1) is 6.88. The molecule has 0 aliphatic heterocycles. The van der Waals surface area contributed by atoms with E-state index >= 15 is 0 Å². The van der Waals surface area contributed by atoms with Crippen LogP contribution in [-0.2, 0) is 0 Å². The van der Waals surface area contributed by atoms with Crippen molar-refractivity contribution in [3.8, 4) is 0 Å². The molecule has 0 amide bonds. The normalized spacial score (nSPS) is 28.2. The molecule has 0 bridgehead atoms. The molecule has 1 aliphatic carbocycles. The molecule has 3 unspecified atom stereocenters. The highest BCUT2D eigenvalue weighted by Crippen LogP contribution is 2.38. The molecule has 1 aliphatic rings. The van der Waals surface area contributed by atoms with Crippen molar-refractivity contribution in [3.05, 3.63) is 0 Å². The van der Waals surface area contributed by atoms with Crippen LogP contribution in [0.1, 0.15) is 47.0 Å². The van der Waals surface area contributed by atoms with Crippen LogP contribution in [0.3, 0.4) is 0 Å². The summed E-state index contributed by atoms with van der Waals surface area (Å²) in [5.74, 6) is 0.840. The summed E-state index contributed by atoms with van der Waals surface area (Å²) < 4.78 is 0. The second-order valence-electron chi connectivity index (χ2n) is 5.70. The van der Waals surface area contributed by atoms with Crippen molar-refractivity contribution < 1.29 is 0 Å². The van der Waals surface area contributed by atoms with Gasteiger partial charge in [-0.3, -0.25) is 5.43 Å². The van der Waals surface area contributed by atoms with Crippen LogP contribution >= 0.6 is 0 Å². The Hall–Kier alpha value is -0.120. The molecular formula is C12H27N3. The number of nitrogens with one attached hydrogen (secondary N) is 1. The molecule has 3 atom stereocenters. The van der Waals surface area contributed by atoms with Gasteiger partial charge in [0.15, 0.2) is 0 Å². The van der Waals surface area contributed by atoms with Crippen molar-refractivity contribution in [1.29, 1.82) is 0 Å². The SMILES string of the molecule is CNN(C1CC1C)C(C)(C)CCC(C)N. The van der Waals surface area contributed by atoms with Crippen LogP contribution in [0.15, 0.2) is 0 Å². The second-order valence-corrected chi connectivity index (χ2v) is 5.70. The number of hydrazine groups is 1. The van der Waals surface area contributed by atoms with Crippen molar-refractivity contribution in [3.63, 3.8) is 0 Å². The van der Waals surface area contributed by atoms with E-state index in [0.717, 1.165) is 24.8 Å². The Morgan fingerprint density at radius 3 is 2.40 bits per heavy atom. The Balaban J connectivity index is 2.49. The predicted octanol–water partition coefficient (Wildman–Crippen LogP) is 1.74. The number of rotatable bonds is 6. The molecule has 3 heteroatoms. The third-order valence-corrected chi connectivity index (χ3v) is 3.50. The van der Waals surface area contributed by atoms with E-state index < -0.39 is 0 Å². The van der Waals surface area contributed by atoms with Gasteiger partial charge in [-0.05, 0) is 53.0 Å². The van der Waals surface area contributed by atoms with Gasteiger partial charge in [0.2, 0.25) is 0 Å². The number of nitrogens with zero attached hydrogens (tertiary/aromatic N) is 1. The first-order valence-corrected chi connectivity index (χ1v) is 6.11. The molecule has 0 saturated heterocycles. The first-order valence-electron chi connectivity index (χ1n) is 6.11. The summed E-state index contributed by atoms with van der Waals surface area (Å²) in [4.78, 5) is 0. The first kappa shape index (κ1) is 12.9. The molecule has 0 aromatic carbocycles. The van der Waals surface area contributed by atoms with Crippen LogP contribution in [0, 0.1) is 5.92 Å².